The van der Waals surface area contributed by atoms with E-state index in [0.717, 1.165) is 47.7 Å². The number of Topliss-reactive ketones (excluding diaryl/α,β-unsaturated/α-hetero) is 1. The average molecular weight is 480 g/mol. The maximum atomic E-state index is 12.5. The maximum Gasteiger partial charge on any atom is 0.407 e. The average Bonchev–Trinajstić information content (AvgIpc) is 3.21. The van der Waals surface area contributed by atoms with Crippen LogP contribution in [0.3, 0.4) is 0 Å². The zero-order valence-corrected chi connectivity index (χ0v) is 19.4. The van der Waals surface area contributed by atoms with Crippen molar-refractivity contribution in [2.24, 2.45) is 0 Å². The summed E-state index contributed by atoms with van der Waals surface area (Å²) in [5.74, 6) is -0.714. The number of carbonyl (C=O) groups excluding carboxylic acids is 2. The number of carbonyl (C=O) groups is 2. The predicted molar refractivity (Wildman–Crippen MR) is 127 cm³/mol. The molecule has 4 rings (SSSR count). The number of hydrogen-bond donors (Lipinski definition) is 1. The summed E-state index contributed by atoms with van der Waals surface area (Å²) in [6.07, 6.45) is 2.68. The Bertz CT molecular complexity index is 1030. The van der Waals surface area contributed by atoms with Gasteiger partial charge in [0.15, 0.2) is 6.29 Å². The summed E-state index contributed by atoms with van der Waals surface area (Å²) in [5, 5.41) is 2.51. The summed E-state index contributed by atoms with van der Waals surface area (Å²) in [4.78, 5) is 27.6. The van der Waals surface area contributed by atoms with Crippen molar-refractivity contribution in [3.63, 3.8) is 0 Å². The van der Waals surface area contributed by atoms with Gasteiger partial charge >= 0.3 is 12.3 Å². The lowest BCUT2D eigenvalue weighted by Gasteiger charge is -2.22. The molecule has 2 aliphatic rings. The van der Waals surface area contributed by atoms with Crippen LogP contribution in [0.1, 0.15) is 36.3 Å². The Morgan fingerprint density at radius 1 is 1.09 bits per heavy atom. The van der Waals surface area contributed by atoms with Crippen LogP contribution in [0.5, 0.6) is 0 Å². The molecule has 1 amide bonds. The van der Waals surface area contributed by atoms with E-state index in [1.807, 2.05) is 36.4 Å². The summed E-state index contributed by atoms with van der Waals surface area (Å²) in [5.41, 5.74) is 13.2. The van der Waals surface area contributed by atoms with Gasteiger partial charge in [-0.05, 0) is 41.5 Å². The molecule has 9 nitrogen and oxygen atoms in total. The minimum Gasteiger partial charge on any atom is -0.449 e. The quantitative estimate of drug-likeness (QED) is 0.229. The molecule has 9 heteroatoms. The van der Waals surface area contributed by atoms with Crippen LogP contribution in [0.25, 0.3) is 16.7 Å². The Labute approximate surface area is 203 Å². The number of amides is 1. The highest BCUT2D eigenvalue weighted by Gasteiger charge is 2.30. The van der Waals surface area contributed by atoms with Gasteiger partial charge in [-0.2, -0.15) is 4.79 Å². The van der Waals surface area contributed by atoms with Crippen molar-refractivity contribution in [1.82, 2.24) is 5.32 Å². The van der Waals surface area contributed by atoms with E-state index in [-0.39, 0.29) is 32.0 Å². The molecule has 1 N–H and O–H groups in total. The van der Waals surface area contributed by atoms with E-state index in [9.17, 15) is 9.59 Å². The fourth-order valence-electron chi connectivity index (χ4n) is 4.41. The standard InChI is InChI=1S/C26H29N3O6/c27-28-15-24(30)23(17-32-13-14-34-25-11-5-6-12-33-25)29-26(31)35-16-22-20-9-3-1-7-18(20)19-8-2-4-10-21(19)22/h1-4,7-10,15,22-23,25H,5-6,11-14,16-17H2,(H,29,31)/t23-,25?/m0/s1. The van der Waals surface area contributed by atoms with Crippen molar-refractivity contribution in [1.29, 1.82) is 0 Å². The molecule has 2 atom stereocenters. The highest BCUT2D eigenvalue weighted by atomic mass is 16.7. The molecular formula is C26H29N3O6. The van der Waals surface area contributed by atoms with Gasteiger partial charge in [0, 0.05) is 12.5 Å². The minimum atomic E-state index is -1.06. The summed E-state index contributed by atoms with van der Waals surface area (Å²) in [7, 11) is 0. The van der Waals surface area contributed by atoms with Crippen LogP contribution in [-0.4, -0.2) is 68.2 Å². The topological polar surface area (TPSA) is 119 Å². The molecule has 35 heavy (non-hydrogen) atoms. The molecule has 1 heterocycles. The van der Waals surface area contributed by atoms with E-state index in [4.69, 9.17) is 24.5 Å². The second kappa shape index (κ2) is 12.4. The van der Waals surface area contributed by atoms with Gasteiger partial charge in [0.05, 0.1) is 19.8 Å². The lowest BCUT2D eigenvalue weighted by atomic mass is 9.98. The molecule has 1 aliphatic carbocycles. The molecule has 0 spiro atoms. The van der Waals surface area contributed by atoms with Crippen molar-refractivity contribution in [3.8, 4) is 11.1 Å². The molecule has 1 saturated heterocycles. The SMILES string of the molecule is [N-]=[N+]=CC(=O)[C@H](COCCOC1CCCCO1)NC(=O)OCC1c2ccccc2-c2ccccc21. The Balaban J connectivity index is 1.28. The Morgan fingerprint density at radius 2 is 1.80 bits per heavy atom. The van der Waals surface area contributed by atoms with E-state index < -0.39 is 17.9 Å². The molecule has 2 aromatic rings. The van der Waals surface area contributed by atoms with Gasteiger partial charge in [0.2, 0.25) is 0 Å². The maximum absolute atomic E-state index is 12.5. The van der Waals surface area contributed by atoms with E-state index in [2.05, 4.69) is 22.2 Å². The zero-order valence-electron chi connectivity index (χ0n) is 19.4. The van der Waals surface area contributed by atoms with E-state index in [1.165, 1.54) is 0 Å². The number of benzene rings is 2. The first kappa shape index (κ1) is 24.8. The highest BCUT2D eigenvalue weighted by molar-refractivity contribution is 6.28. The van der Waals surface area contributed by atoms with Gasteiger partial charge in [-0.1, -0.05) is 48.5 Å². The van der Waals surface area contributed by atoms with E-state index >= 15 is 0 Å². The highest BCUT2D eigenvalue weighted by Crippen LogP contribution is 2.44. The molecule has 1 aliphatic heterocycles. The van der Waals surface area contributed by atoms with Crippen LogP contribution in [0, 0.1) is 0 Å². The lowest BCUT2D eigenvalue weighted by Crippen LogP contribution is -2.45. The van der Waals surface area contributed by atoms with Crippen molar-refractivity contribution < 1.29 is 33.3 Å². The lowest BCUT2D eigenvalue weighted by molar-refractivity contribution is -0.169. The van der Waals surface area contributed by atoms with Gasteiger partial charge in [0.25, 0.3) is 5.78 Å². The molecule has 1 unspecified atom stereocenters. The summed E-state index contributed by atoms with van der Waals surface area (Å²) < 4.78 is 22.1. The Kier molecular flexibility index (Phi) is 8.75. The number of nitrogens with zero attached hydrogens (tertiary/aromatic N) is 2. The Hall–Kier alpha value is -3.36. The van der Waals surface area contributed by atoms with Crippen LogP contribution in [0.4, 0.5) is 4.79 Å². The van der Waals surface area contributed by atoms with Crippen LogP contribution in [-0.2, 0) is 23.7 Å². The van der Waals surface area contributed by atoms with Crippen LogP contribution >= 0.6 is 0 Å². The second-order valence-electron chi connectivity index (χ2n) is 8.41. The molecule has 0 aromatic heterocycles. The van der Waals surface area contributed by atoms with E-state index in [1.54, 1.807) is 0 Å². The fraction of sp³-hybridized carbons (Fsp3) is 0.423. The van der Waals surface area contributed by atoms with Crippen molar-refractivity contribution >= 4 is 18.1 Å². The molecule has 0 saturated carbocycles. The number of alkyl carbamates (subject to hydrolysis) is 1. The van der Waals surface area contributed by atoms with Gasteiger partial charge < -0.3 is 29.8 Å². The smallest absolute Gasteiger partial charge is 0.407 e. The molecule has 184 valence electrons. The number of nitrogens with one attached hydrogen (secondary N) is 1. The summed E-state index contributed by atoms with van der Waals surface area (Å²) in [6, 6.07) is 15.0. The molecule has 0 radical (unpaired) electrons. The predicted octanol–water partition coefficient (Wildman–Crippen LogP) is 3.32. The van der Waals surface area contributed by atoms with Crippen molar-refractivity contribution in [3.05, 3.63) is 65.2 Å². The molecular weight excluding hydrogens is 450 g/mol. The van der Waals surface area contributed by atoms with Crippen molar-refractivity contribution in [2.45, 2.75) is 37.5 Å². The monoisotopic (exact) mass is 479 g/mol. The van der Waals surface area contributed by atoms with Crippen LogP contribution in [0.15, 0.2) is 48.5 Å². The van der Waals surface area contributed by atoms with E-state index in [0.29, 0.717) is 13.2 Å². The summed E-state index contributed by atoms with van der Waals surface area (Å²) >= 11 is 0. The van der Waals surface area contributed by atoms with Crippen molar-refractivity contribution in [2.75, 3.05) is 33.0 Å². The third-order valence-corrected chi connectivity index (χ3v) is 6.12. The van der Waals surface area contributed by atoms with Crippen LogP contribution < -0.4 is 5.32 Å². The summed E-state index contributed by atoms with van der Waals surface area (Å²) in [6.45, 7) is 1.19. The number of fused-ring (bicyclic) bond motifs is 3. The third kappa shape index (κ3) is 6.41. The molecule has 0 bridgehead atoms. The molecule has 1 fully saturated rings. The third-order valence-electron chi connectivity index (χ3n) is 6.12. The van der Waals surface area contributed by atoms with Gasteiger partial charge in [-0.3, -0.25) is 4.79 Å². The normalized spacial score (nSPS) is 17.5. The second-order valence-corrected chi connectivity index (χ2v) is 8.41. The number of hydrogen-bond acceptors (Lipinski definition) is 6. The first-order valence-electron chi connectivity index (χ1n) is 11.8. The largest absolute Gasteiger partial charge is 0.449 e. The van der Waals surface area contributed by atoms with Gasteiger partial charge in [-0.25, -0.2) is 4.79 Å². The Morgan fingerprint density at radius 3 is 2.46 bits per heavy atom. The first-order valence-corrected chi connectivity index (χ1v) is 11.8. The van der Waals surface area contributed by atoms with Gasteiger partial charge in [-0.15, -0.1) is 0 Å². The zero-order chi connectivity index (χ0) is 24.5. The molecule has 2 aromatic carbocycles. The van der Waals surface area contributed by atoms with Gasteiger partial charge in [0.1, 0.15) is 12.6 Å². The van der Waals surface area contributed by atoms with Crippen LogP contribution in [0.2, 0.25) is 0 Å². The fourth-order valence-corrected chi connectivity index (χ4v) is 4.41. The number of ketones is 1. The minimum absolute atomic E-state index is 0.100. The number of rotatable bonds is 11. The first-order chi connectivity index (χ1) is 17.2. The number of ether oxygens (including phenoxy) is 4.